The largest absolute Gasteiger partial charge is 0.495 e. The number of rotatable bonds is 6. The van der Waals surface area contributed by atoms with E-state index in [9.17, 15) is 17.6 Å². The van der Waals surface area contributed by atoms with Gasteiger partial charge in [0.25, 0.3) is 15.9 Å². The maximum absolute atomic E-state index is 13.0. The van der Waals surface area contributed by atoms with E-state index < -0.39 is 21.7 Å². The third kappa shape index (κ3) is 4.91. The monoisotopic (exact) mass is 414 g/mol. The van der Waals surface area contributed by atoms with Crippen LogP contribution in [0.15, 0.2) is 71.6 Å². The van der Waals surface area contributed by atoms with Crippen LogP contribution in [-0.4, -0.2) is 21.4 Å². The van der Waals surface area contributed by atoms with E-state index in [-0.39, 0.29) is 16.3 Å². The number of hydrogen-bond donors (Lipinski definition) is 2. The second kappa shape index (κ2) is 8.32. The van der Waals surface area contributed by atoms with Crippen LogP contribution < -0.4 is 14.8 Å². The Hall–Kier alpha value is -3.39. The molecule has 0 heterocycles. The van der Waals surface area contributed by atoms with Crippen LogP contribution in [-0.2, 0) is 10.0 Å². The van der Waals surface area contributed by atoms with Gasteiger partial charge in [0.2, 0.25) is 0 Å². The summed E-state index contributed by atoms with van der Waals surface area (Å²) >= 11 is 0. The first-order valence-electron chi connectivity index (χ1n) is 8.63. The zero-order chi connectivity index (χ0) is 21.0. The van der Waals surface area contributed by atoms with Crippen molar-refractivity contribution in [2.45, 2.75) is 11.8 Å². The van der Waals surface area contributed by atoms with Gasteiger partial charge in [0, 0.05) is 11.3 Å². The molecule has 6 nitrogen and oxygen atoms in total. The van der Waals surface area contributed by atoms with Crippen LogP contribution in [0.4, 0.5) is 15.8 Å². The van der Waals surface area contributed by atoms with Crippen molar-refractivity contribution in [3.8, 4) is 5.75 Å². The Labute approximate surface area is 168 Å². The summed E-state index contributed by atoms with van der Waals surface area (Å²) in [7, 11) is -2.54. The van der Waals surface area contributed by atoms with Gasteiger partial charge in [0.15, 0.2) is 0 Å². The number of nitrogens with one attached hydrogen (secondary N) is 2. The van der Waals surface area contributed by atoms with Crippen LogP contribution in [0, 0.1) is 12.7 Å². The fourth-order valence-corrected chi connectivity index (χ4v) is 3.67. The number of sulfonamides is 1. The van der Waals surface area contributed by atoms with Gasteiger partial charge in [-0.3, -0.25) is 9.52 Å². The fraction of sp³-hybridized carbons (Fsp3) is 0.0952. The number of benzene rings is 3. The maximum atomic E-state index is 13.0. The smallest absolute Gasteiger partial charge is 0.261 e. The van der Waals surface area contributed by atoms with Gasteiger partial charge in [0.05, 0.1) is 17.7 Å². The molecule has 8 heteroatoms. The molecule has 0 saturated heterocycles. The zero-order valence-electron chi connectivity index (χ0n) is 15.8. The lowest BCUT2D eigenvalue weighted by Gasteiger charge is -2.13. The first-order valence-corrected chi connectivity index (χ1v) is 10.1. The van der Waals surface area contributed by atoms with Gasteiger partial charge in [-0.05, 0) is 61.5 Å². The Bertz CT molecular complexity index is 1130. The molecule has 0 saturated carbocycles. The van der Waals surface area contributed by atoms with Crippen molar-refractivity contribution in [2.24, 2.45) is 0 Å². The Morgan fingerprint density at radius 3 is 2.24 bits per heavy atom. The quantitative estimate of drug-likeness (QED) is 0.633. The van der Waals surface area contributed by atoms with Gasteiger partial charge in [0.1, 0.15) is 11.6 Å². The van der Waals surface area contributed by atoms with E-state index >= 15 is 0 Å². The molecule has 150 valence electrons. The second-order valence-corrected chi connectivity index (χ2v) is 7.98. The number of amides is 1. The van der Waals surface area contributed by atoms with Crippen molar-refractivity contribution in [1.82, 2.24) is 0 Å². The molecule has 0 unspecified atom stereocenters. The molecule has 3 rings (SSSR count). The average molecular weight is 414 g/mol. The Morgan fingerprint density at radius 1 is 0.966 bits per heavy atom. The van der Waals surface area contributed by atoms with Crippen LogP contribution in [0.3, 0.4) is 0 Å². The van der Waals surface area contributed by atoms with Crippen molar-refractivity contribution in [2.75, 3.05) is 17.1 Å². The lowest BCUT2D eigenvalue weighted by Crippen LogP contribution is -2.15. The number of anilines is 2. The van der Waals surface area contributed by atoms with E-state index in [1.807, 2.05) is 6.92 Å². The van der Waals surface area contributed by atoms with Gasteiger partial charge < -0.3 is 10.1 Å². The van der Waals surface area contributed by atoms with Gasteiger partial charge in [-0.15, -0.1) is 0 Å². The SMILES string of the molecule is COc1ccc(S(=O)(=O)Nc2ccc(F)cc2)cc1NC(=O)c1ccc(C)cc1. The van der Waals surface area contributed by atoms with E-state index in [0.717, 1.165) is 17.7 Å². The highest BCUT2D eigenvalue weighted by Crippen LogP contribution is 2.29. The van der Waals surface area contributed by atoms with E-state index in [1.54, 1.807) is 24.3 Å². The summed E-state index contributed by atoms with van der Waals surface area (Å²) in [4.78, 5) is 12.4. The third-order valence-electron chi connectivity index (χ3n) is 4.14. The highest BCUT2D eigenvalue weighted by Gasteiger charge is 2.18. The van der Waals surface area contributed by atoms with Crippen LogP contribution >= 0.6 is 0 Å². The summed E-state index contributed by atoms with van der Waals surface area (Å²) in [6.45, 7) is 1.91. The van der Waals surface area contributed by atoms with Crippen LogP contribution in [0.25, 0.3) is 0 Å². The molecule has 0 atom stereocenters. The van der Waals surface area contributed by atoms with Gasteiger partial charge in [-0.2, -0.15) is 0 Å². The zero-order valence-corrected chi connectivity index (χ0v) is 16.6. The minimum atomic E-state index is -3.96. The van der Waals surface area contributed by atoms with Crippen LogP contribution in [0.5, 0.6) is 5.75 Å². The van der Waals surface area contributed by atoms with E-state index in [2.05, 4.69) is 10.0 Å². The van der Waals surface area contributed by atoms with E-state index in [4.69, 9.17) is 4.74 Å². The van der Waals surface area contributed by atoms with E-state index in [1.165, 1.54) is 37.4 Å². The molecule has 3 aromatic rings. The lowest BCUT2D eigenvalue weighted by molar-refractivity contribution is 0.102. The molecule has 0 radical (unpaired) electrons. The summed E-state index contributed by atoms with van der Waals surface area (Å²) in [6.07, 6.45) is 0. The summed E-state index contributed by atoms with van der Waals surface area (Å²) in [5.41, 5.74) is 1.86. The molecule has 0 aliphatic carbocycles. The Balaban J connectivity index is 1.88. The predicted octanol–water partition coefficient (Wildman–Crippen LogP) is 4.20. The first-order chi connectivity index (χ1) is 13.8. The number of ether oxygens (including phenoxy) is 1. The van der Waals surface area contributed by atoms with Gasteiger partial charge >= 0.3 is 0 Å². The number of aryl methyl sites for hydroxylation is 1. The van der Waals surface area contributed by atoms with Gasteiger partial charge in [-0.1, -0.05) is 17.7 Å². The number of carbonyl (C=O) groups excluding carboxylic acids is 1. The minimum absolute atomic E-state index is 0.0816. The van der Waals surface area contributed by atoms with Crippen LogP contribution in [0.1, 0.15) is 15.9 Å². The van der Waals surface area contributed by atoms with Crippen molar-refractivity contribution < 1.29 is 22.3 Å². The molecule has 0 aromatic heterocycles. The lowest BCUT2D eigenvalue weighted by atomic mass is 10.1. The molecule has 3 aromatic carbocycles. The fourth-order valence-electron chi connectivity index (χ4n) is 2.58. The van der Waals surface area contributed by atoms with Crippen LogP contribution in [0.2, 0.25) is 0 Å². The Morgan fingerprint density at radius 2 is 1.62 bits per heavy atom. The van der Waals surface area contributed by atoms with E-state index in [0.29, 0.717) is 11.3 Å². The van der Waals surface area contributed by atoms with Crippen molar-refractivity contribution in [3.63, 3.8) is 0 Å². The maximum Gasteiger partial charge on any atom is 0.261 e. The molecule has 0 aliphatic heterocycles. The molecular formula is C21H19FN2O4S. The molecule has 0 spiro atoms. The first kappa shape index (κ1) is 20.3. The molecule has 0 aliphatic rings. The third-order valence-corrected chi connectivity index (χ3v) is 5.52. The summed E-state index contributed by atoms with van der Waals surface area (Å²) in [5.74, 6) is -0.561. The molecule has 29 heavy (non-hydrogen) atoms. The number of methoxy groups -OCH3 is 1. The highest BCUT2D eigenvalue weighted by molar-refractivity contribution is 7.92. The molecule has 0 bridgehead atoms. The number of halogens is 1. The molecular weight excluding hydrogens is 395 g/mol. The standard InChI is InChI=1S/C21H19FN2O4S/c1-14-3-5-15(6-4-14)21(25)23-19-13-18(11-12-20(19)28-2)29(26,27)24-17-9-7-16(22)8-10-17/h3-13,24H,1-2H3,(H,23,25). The second-order valence-electron chi connectivity index (χ2n) is 6.29. The summed E-state index contributed by atoms with van der Waals surface area (Å²) < 4.78 is 46.0. The number of carbonyl (C=O) groups is 1. The van der Waals surface area contributed by atoms with Crippen molar-refractivity contribution in [1.29, 1.82) is 0 Å². The average Bonchev–Trinajstić information content (AvgIpc) is 2.70. The molecule has 2 N–H and O–H groups in total. The topological polar surface area (TPSA) is 84.5 Å². The summed E-state index contributed by atoms with van der Waals surface area (Å²) in [6, 6.07) is 16.0. The van der Waals surface area contributed by atoms with Gasteiger partial charge in [-0.25, -0.2) is 12.8 Å². The van der Waals surface area contributed by atoms with Crippen molar-refractivity contribution >= 4 is 27.3 Å². The minimum Gasteiger partial charge on any atom is -0.495 e. The Kier molecular flexibility index (Phi) is 5.84. The molecule has 0 fully saturated rings. The summed E-state index contributed by atoms with van der Waals surface area (Å²) in [5, 5.41) is 2.68. The predicted molar refractivity (Wildman–Crippen MR) is 109 cm³/mol. The highest BCUT2D eigenvalue weighted by atomic mass is 32.2. The van der Waals surface area contributed by atoms with Crippen molar-refractivity contribution in [3.05, 3.63) is 83.7 Å². The molecule has 1 amide bonds. The normalized spacial score (nSPS) is 11.0. The number of hydrogen-bond acceptors (Lipinski definition) is 4.